The lowest BCUT2D eigenvalue weighted by atomic mass is 9.90. The lowest BCUT2D eigenvalue weighted by Gasteiger charge is -2.27. The van der Waals surface area contributed by atoms with Gasteiger partial charge in [-0.3, -0.25) is 4.79 Å². The Kier molecular flexibility index (Phi) is 2.63. The Morgan fingerprint density at radius 3 is 3.18 bits per heavy atom. The lowest BCUT2D eigenvalue weighted by Crippen LogP contribution is -2.37. The maximum absolute atomic E-state index is 11.0. The second kappa shape index (κ2) is 4.15. The summed E-state index contributed by atoms with van der Waals surface area (Å²) in [6.07, 6.45) is 3.67. The molecule has 0 saturated carbocycles. The minimum Gasteiger partial charge on any atom is -0.326 e. The molecule has 17 heavy (non-hydrogen) atoms. The molecule has 2 atom stereocenters. The molecule has 0 aromatic heterocycles. The molecule has 90 valence electrons. The monoisotopic (exact) mass is 230 g/mol. The van der Waals surface area contributed by atoms with Crippen molar-refractivity contribution in [3.63, 3.8) is 0 Å². The van der Waals surface area contributed by atoms with Crippen LogP contribution >= 0.6 is 0 Å². The van der Waals surface area contributed by atoms with Crippen LogP contribution in [0, 0.1) is 0 Å². The van der Waals surface area contributed by atoms with Crippen LogP contribution in [-0.2, 0) is 11.2 Å². The van der Waals surface area contributed by atoms with Gasteiger partial charge in [-0.2, -0.15) is 0 Å². The van der Waals surface area contributed by atoms with E-state index in [4.69, 9.17) is 0 Å². The summed E-state index contributed by atoms with van der Waals surface area (Å²) >= 11 is 0. The Balaban J connectivity index is 1.88. The Hall–Kier alpha value is -1.35. The zero-order chi connectivity index (χ0) is 11.8. The van der Waals surface area contributed by atoms with E-state index in [9.17, 15) is 4.79 Å². The maximum atomic E-state index is 11.0. The Bertz CT molecular complexity index is 456. The predicted molar refractivity (Wildman–Crippen MR) is 68.2 cm³/mol. The number of anilines is 1. The van der Waals surface area contributed by atoms with Gasteiger partial charge in [-0.1, -0.05) is 6.07 Å². The zero-order valence-corrected chi connectivity index (χ0v) is 10.1. The SMILES string of the molecule is CC(=O)Nc1ccc2c(c1)C[C@H]1NCCC[C@@H]21. The van der Waals surface area contributed by atoms with E-state index in [1.807, 2.05) is 6.07 Å². The molecule has 0 radical (unpaired) electrons. The Morgan fingerprint density at radius 2 is 2.35 bits per heavy atom. The minimum absolute atomic E-state index is 0.00140. The molecular weight excluding hydrogens is 212 g/mol. The van der Waals surface area contributed by atoms with Crippen molar-refractivity contribution in [3.05, 3.63) is 29.3 Å². The van der Waals surface area contributed by atoms with Crippen LogP contribution in [-0.4, -0.2) is 18.5 Å². The molecule has 0 bridgehead atoms. The minimum atomic E-state index is -0.00140. The Morgan fingerprint density at radius 1 is 1.47 bits per heavy atom. The first-order valence-electron chi connectivity index (χ1n) is 6.38. The summed E-state index contributed by atoms with van der Waals surface area (Å²) in [6, 6.07) is 6.97. The third-order valence-electron chi connectivity index (χ3n) is 3.89. The highest BCUT2D eigenvalue weighted by Gasteiger charge is 2.33. The van der Waals surface area contributed by atoms with Crippen molar-refractivity contribution >= 4 is 11.6 Å². The summed E-state index contributed by atoms with van der Waals surface area (Å²) in [5.74, 6) is 0.684. The van der Waals surface area contributed by atoms with Crippen molar-refractivity contribution < 1.29 is 4.79 Å². The van der Waals surface area contributed by atoms with E-state index < -0.39 is 0 Å². The second-order valence-electron chi connectivity index (χ2n) is 5.11. The van der Waals surface area contributed by atoms with Crippen molar-refractivity contribution in [1.29, 1.82) is 0 Å². The van der Waals surface area contributed by atoms with Crippen molar-refractivity contribution in [3.8, 4) is 0 Å². The third kappa shape index (κ3) is 1.95. The molecule has 1 heterocycles. The zero-order valence-electron chi connectivity index (χ0n) is 10.1. The number of benzene rings is 1. The van der Waals surface area contributed by atoms with E-state index in [0.717, 1.165) is 18.7 Å². The predicted octanol–water partition coefficient (Wildman–Crippen LogP) is 2.04. The summed E-state index contributed by atoms with van der Waals surface area (Å²) < 4.78 is 0. The maximum Gasteiger partial charge on any atom is 0.221 e. The van der Waals surface area contributed by atoms with Crippen molar-refractivity contribution in [2.45, 2.75) is 38.1 Å². The van der Waals surface area contributed by atoms with Gasteiger partial charge < -0.3 is 10.6 Å². The van der Waals surface area contributed by atoms with Crippen LogP contribution in [0.1, 0.15) is 36.8 Å². The van der Waals surface area contributed by atoms with Crippen LogP contribution in [0.3, 0.4) is 0 Å². The molecule has 1 amide bonds. The van der Waals surface area contributed by atoms with Crippen molar-refractivity contribution in [2.24, 2.45) is 0 Å². The molecular formula is C14H18N2O. The molecule has 1 fully saturated rings. The van der Waals surface area contributed by atoms with Crippen LogP contribution in [0.4, 0.5) is 5.69 Å². The summed E-state index contributed by atoms with van der Waals surface area (Å²) in [6.45, 7) is 2.70. The normalized spacial score (nSPS) is 26.2. The fourth-order valence-electron chi connectivity index (χ4n) is 3.20. The van der Waals surface area contributed by atoms with Gasteiger partial charge in [-0.15, -0.1) is 0 Å². The van der Waals surface area contributed by atoms with Gasteiger partial charge in [0.1, 0.15) is 0 Å². The van der Waals surface area contributed by atoms with E-state index in [1.54, 1.807) is 6.92 Å². The van der Waals surface area contributed by atoms with Gasteiger partial charge in [0.05, 0.1) is 0 Å². The fourth-order valence-corrected chi connectivity index (χ4v) is 3.20. The molecule has 1 aromatic carbocycles. The lowest BCUT2D eigenvalue weighted by molar-refractivity contribution is -0.114. The van der Waals surface area contributed by atoms with Crippen LogP contribution < -0.4 is 10.6 Å². The molecule has 1 aliphatic heterocycles. The molecule has 1 aromatic rings. The molecule has 0 unspecified atom stereocenters. The number of nitrogens with one attached hydrogen (secondary N) is 2. The second-order valence-corrected chi connectivity index (χ2v) is 5.11. The topological polar surface area (TPSA) is 41.1 Å². The van der Waals surface area contributed by atoms with Crippen molar-refractivity contribution in [2.75, 3.05) is 11.9 Å². The largest absolute Gasteiger partial charge is 0.326 e. The van der Waals surface area contributed by atoms with Crippen LogP contribution in [0.2, 0.25) is 0 Å². The van der Waals surface area contributed by atoms with Gasteiger partial charge in [0.15, 0.2) is 0 Å². The van der Waals surface area contributed by atoms with E-state index in [-0.39, 0.29) is 5.91 Å². The standard InChI is InChI=1S/C14H18N2O/c1-9(17)16-11-4-5-12-10(7-11)8-14-13(12)3-2-6-15-14/h4-5,7,13-15H,2-3,6,8H2,1H3,(H,16,17)/t13-,14+/m0/s1. The van der Waals surface area contributed by atoms with Gasteiger partial charge in [0.25, 0.3) is 0 Å². The number of carbonyl (C=O) groups is 1. The highest BCUT2D eigenvalue weighted by molar-refractivity contribution is 5.88. The molecule has 0 spiro atoms. The summed E-state index contributed by atoms with van der Waals surface area (Å²) in [5.41, 5.74) is 3.81. The highest BCUT2D eigenvalue weighted by Crippen LogP contribution is 2.39. The molecule has 1 aliphatic carbocycles. The first kappa shape index (κ1) is 10.8. The molecule has 3 heteroatoms. The average Bonchev–Trinajstić information content (AvgIpc) is 2.65. The van der Waals surface area contributed by atoms with Gasteiger partial charge >= 0.3 is 0 Å². The van der Waals surface area contributed by atoms with E-state index in [1.165, 1.54) is 24.0 Å². The van der Waals surface area contributed by atoms with Gasteiger partial charge in [-0.05, 0) is 55.0 Å². The number of amides is 1. The number of piperidine rings is 1. The molecule has 3 rings (SSSR count). The molecule has 2 N–H and O–H groups in total. The smallest absolute Gasteiger partial charge is 0.221 e. The van der Waals surface area contributed by atoms with Crippen LogP contribution in [0.15, 0.2) is 18.2 Å². The average molecular weight is 230 g/mol. The third-order valence-corrected chi connectivity index (χ3v) is 3.89. The summed E-state index contributed by atoms with van der Waals surface area (Å²) in [5, 5.41) is 6.46. The molecule has 3 nitrogen and oxygen atoms in total. The van der Waals surface area contributed by atoms with Gasteiger partial charge in [0, 0.05) is 18.7 Å². The summed E-state index contributed by atoms with van der Waals surface area (Å²) in [7, 11) is 0. The van der Waals surface area contributed by atoms with Gasteiger partial charge in [-0.25, -0.2) is 0 Å². The number of carbonyl (C=O) groups excluding carboxylic acids is 1. The quantitative estimate of drug-likeness (QED) is 0.775. The molecule has 2 aliphatic rings. The number of hydrogen-bond donors (Lipinski definition) is 2. The van der Waals surface area contributed by atoms with Gasteiger partial charge in [0.2, 0.25) is 5.91 Å². The highest BCUT2D eigenvalue weighted by atomic mass is 16.1. The first-order chi connectivity index (χ1) is 8.24. The van der Waals surface area contributed by atoms with Crippen LogP contribution in [0.5, 0.6) is 0 Å². The van der Waals surface area contributed by atoms with E-state index >= 15 is 0 Å². The first-order valence-corrected chi connectivity index (χ1v) is 6.38. The van der Waals surface area contributed by atoms with E-state index in [2.05, 4.69) is 22.8 Å². The molecule has 1 saturated heterocycles. The van der Waals surface area contributed by atoms with Crippen LogP contribution in [0.25, 0.3) is 0 Å². The fraction of sp³-hybridized carbons (Fsp3) is 0.500. The van der Waals surface area contributed by atoms with Crippen molar-refractivity contribution in [1.82, 2.24) is 5.32 Å². The Labute approximate surface area is 102 Å². The summed E-state index contributed by atoms with van der Waals surface area (Å²) in [4.78, 5) is 11.0. The number of rotatable bonds is 1. The number of fused-ring (bicyclic) bond motifs is 3. The van der Waals surface area contributed by atoms with E-state index in [0.29, 0.717) is 12.0 Å². The number of hydrogen-bond acceptors (Lipinski definition) is 2.